The number of anilines is 1. The number of halogens is 2. The predicted octanol–water partition coefficient (Wildman–Crippen LogP) is 4.43. The van der Waals surface area contributed by atoms with Crippen molar-refractivity contribution >= 4 is 60.5 Å². The van der Waals surface area contributed by atoms with Crippen molar-refractivity contribution in [2.75, 3.05) is 5.32 Å². The van der Waals surface area contributed by atoms with Gasteiger partial charge in [0, 0.05) is 17.8 Å². The second-order valence-electron chi connectivity index (χ2n) is 3.50. The van der Waals surface area contributed by atoms with Crippen molar-refractivity contribution in [2.45, 2.75) is 0 Å². The minimum absolute atomic E-state index is 0.0663. The molecule has 0 saturated carbocycles. The van der Waals surface area contributed by atoms with Crippen LogP contribution in [0.25, 0.3) is 0 Å². The lowest BCUT2D eigenvalue weighted by atomic mass is 10.2. The van der Waals surface area contributed by atoms with E-state index in [9.17, 15) is 14.9 Å². The van der Waals surface area contributed by atoms with Crippen LogP contribution in [0.15, 0.2) is 37.9 Å². The molecule has 98 valence electrons. The Labute approximate surface area is 129 Å². The van der Waals surface area contributed by atoms with Crippen LogP contribution in [-0.2, 0) is 0 Å². The van der Waals surface area contributed by atoms with E-state index < -0.39 is 4.92 Å². The van der Waals surface area contributed by atoms with Gasteiger partial charge in [-0.1, -0.05) is 6.07 Å². The van der Waals surface area contributed by atoms with Gasteiger partial charge in [0.1, 0.15) is 0 Å². The van der Waals surface area contributed by atoms with E-state index in [1.165, 1.54) is 29.5 Å². The Morgan fingerprint density at radius 1 is 1.32 bits per heavy atom. The zero-order chi connectivity index (χ0) is 14.0. The van der Waals surface area contributed by atoms with E-state index in [1.54, 1.807) is 12.1 Å². The van der Waals surface area contributed by atoms with Crippen LogP contribution < -0.4 is 5.32 Å². The molecule has 1 N–H and O–H groups in total. The molecular weight excluding hydrogens is 400 g/mol. The van der Waals surface area contributed by atoms with Crippen LogP contribution in [0.2, 0.25) is 0 Å². The summed E-state index contributed by atoms with van der Waals surface area (Å²) in [5.41, 5.74) is 0.792. The molecule has 2 aromatic rings. The van der Waals surface area contributed by atoms with Crippen molar-refractivity contribution in [2.24, 2.45) is 0 Å². The highest BCUT2D eigenvalue weighted by molar-refractivity contribution is 9.12. The van der Waals surface area contributed by atoms with E-state index in [0.29, 0.717) is 15.0 Å². The Kier molecular flexibility index (Phi) is 4.33. The molecule has 1 aromatic carbocycles. The molecule has 2 rings (SSSR count). The van der Waals surface area contributed by atoms with Crippen molar-refractivity contribution in [3.8, 4) is 0 Å². The summed E-state index contributed by atoms with van der Waals surface area (Å²) < 4.78 is 1.52. The van der Waals surface area contributed by atoms with E-state index >= 15 is 0 Å². The summed E-state index contributed by atoms with van der Waals surface area (Å²) in [5, 5.41) is 13.3. The number of carbonyl (C=O) groups is 1. The van der Waals surface area contributed by atoms with E-state index in [0.717, 1.165) is 3.79 Å². The summed E-state index contributed by atoms with van der Waals surface area (Å²) in [7, 11) is 0. The van der Waals surface area contributed by atoms with Crippen molar-refractivity contribution in [1.29, 1.82) is 0 Å². The maximum atomic E-state index is 12.0. The highest BCUT2D eigenvalue weighted by Gasteiger charge is 2.15. The molecule has 0 aliphatic rings. The van der Waals surface area contributed by atoms with Crippen LogP contribution in [-0.4, -0.2) is 10.8 Å². The first-order valence-corrected chi connectivity index (χ1v) is 7.38. The van der Waals surface area contributed by atoms with Crippen LogP contribution in [0.1, 0.15) is 10.4 Å². The number of thiophene rings is 1. The SMILES string of the molecule is O=C(Nc1cccc([N+](=O)[O-])c1)c1cc(Br)sc1Br. The summed E-state index contributed by atoms with van der Waals surface area (Å²) in [5.74, 6) is -0.325. The fourth-order valence-electron chi connectivity index (χ4n) is 1.39. The molecule has 19 heavy (non-hydrogen) atoms. The second kappa shape index (κ2) is 5.81. The molecule has 0 radical (unpaired) electrons. The van der Waals surface area contributed by atoms with Crippen LogP contribution in [0, 0.1) is 10.1 Å². The molecule has 0 spiro atoms. The standard InChI is InChI=1S/C11H6Br2N2O3S/c12-9-5-8(10(13)19-9)11(16)14-6-2-1-3-7(4-6)15(17)18/h1-5H,(H,14,16). The maximum Gasteiger partial charge on any atom is 0.271 e. The number of amides is 1. The fraction of sp³-hybridized carbons (Fsp3) is 0. The quantitative estimate of drug-likeness (QED) is 0.606. The van der Waals surface area contributed by atoms with Crippen molar-refractivity contribution in [1.82, 2.24) is 0 Å². The van der Waals surface area contributed by atoms with Gasteiger partial charge in [0.2, 0.25) is 0 Å². The molecule has 0 fully saturated rings. The van der Waals surface area contributed by atoms with Crippen molar-refractivity contribution in [3.63, 3.8) is 0 Å². The van der Waals surface area contributed by atoms with Gasteiger partial charge in [-0.15, -0.1) is 11.3 Å². The summed E-state index contributed by atoms with van der Waals surface area (Å²) in [6.07, 6.45) is 0. The van der Waals surface area contributed by atoms with Gasteiger partial charge in [-0.3, -0.25) is 14.9 Å². The summed E-state index contributed by atoms with van der Waals surface area (Å²) in [4.78, 5) is 22.1. The van der Waals surface area contributed by atoms with E-state index in [-0.39, 0.29) is 11.6 Å². The lowest BCUT2D eigenvalue weighted by molar-refractivity contribution is -0.384. The normalized spacial score (nSPS) is 10.2. The first-order valence-electron chi connectivity index (χ1n) is 4.98. The van der Waals surface area contributed by atoms with E-state index in [4.69, 9.17) is 0 Å². The van der Waals surface area contributed by atoms with Crippen LogP contribution in [0.4, 0.5) is 11.4 Å². The zero-order valence-electron chi connectivity index (χ0n) is 9.22. The molecule has 8 heteroatoms. The van der Waals surface area contributed by atoms with Crippen LogP contribution >= 0.6 is 43.2 Å². The monoisotopic (exact) mass is 404 g/mol. The number of rotatable bonds is 3. The number of nitrogens with zero attached hydrogens (tertiary/aromatic N) is 1. The van der Waals surface area contributed by atoms with Gasteiger partial charge in [-0.05, 0) is 44.0 Å². The van der Waals surface area contributed by atoms with Crippen LogP contribution in [0.3, 0.4) is 0 Å². The number of hydrogen-bond acceptors (Lipinski definition) is 4. The summed E-state index contributed by atoms with van der Waals surface area (Å²) in [6, 6.07) is 7.48. The number of carbonyl (C=O) groups excluding carboxylic acids is 1. The Hall–Kier alpha value is -1.25. The molecular formula is C11H6Br2N2O3S. The number of hydrogen-bond donors (Lipinski definition) is 1. The topological polar surface area (TPSA) is 72.2 Å². The Morgan fingerprint density at radius 3 is 2.63 bits per heavy atom. The first kappa shape index (κ1) is 14.2. The number of benzene rings is 1. The molecule has 1 heterocycles. The Morgan fingerprint density at radius 2 is 2.05 bits per heavy atom. The summed E-state index contributed by atoms with van der Waals surface area (Å²) in [6.45, 7) is 0. The van der Waals surface area contributed by atoms with Gasteiger partial charge in [0.05, 0.1) is 18.1 Å². The molecule has 0 unspecified atom stereocenters. The first-order chi connectivity index (χ1) is 8.97. The molecule has 0 bridgehead atoms. The highest BCUT2D eigenvalue weighted by atomic mass is 79.9. The van der Waals surface area contributed by atoms with Gasteiger partial charge >= 0.3 is 0 Å². The molecule has 1 aromatic heterocycles. The third-order valence-corrected chi connectivity index (χ3v) is 4.56. The number of nitro benzene ring substituents is 1. The molecule has 0 aliphatic carbocycles. The van der Waals surface area contributed by atoms with Gasteiger partial charge < -0.3 is 5.32 Å². The van der Waals surface area contributed by atoms with E-state index in [1.807, 2.05) is 0 Å². The zero-order valence-corrected chi connectivity index (χ0v) is 13.2. The minimum Gasteiger partial charge on any atom is -0.322 e. The molecule has 0 aliphatic heterocycles. The minimum atomic E-state index is -0.507. The molecule has 5 nitrogen and oxygen atoms in total. The number of non-ortho nitro benzene ring substituents is 1. The van der Waals surface area contributed by atoms with Gasteiger partial charge in [-0.25, -0.2) is 0 Å². The molecule has 1 amide bonds. The van der Waals surface area contributed by atoms with Crippen LogP contribution in [0.5, 0.6) is 0 Å². The average molecular weight is 406 g/mol. The van der Waals surface area contributed by atoms with Gasteiger partial charge in [-0.2, -0.15) is 0 Å². The lowest BCUT2D eigenvalue weighted by Crippen LogP contribution is -2.11. The molecule has 0 atom stereocenters. The molecule has 0 saturated heterocycles. The third kappa shape index (κ3) is 3.40. The fourth-order valence-corrected chi connectivity index (χ4v) is 4.18. The maximum absolute atomic E-state index is 12.0. The Bertz CT molecular complexity index is 657. The number of nitro groups is 1. The smallest absolute Gasteiger partial charge is 0.271 e. The Balaban J connectivity index is 2.21. The largest absolute Gasteiger partial charge is 0.322 e. The average Bonchev–Trinajstić information content (AvgIpc) is 2.69. The predicted molar refractivity (Wildman–Crippen MR) is 80.8 cm³/mol. The number of nitrogens with one attached hydrogen (secondary N) is 1. The third-order valence-electron chi connectivity index (χ3n) is 2.22. The highest BCUT2D eigenvalue weighted by Crippen LogP contribution is 2.32. The van der Waals surface area contributed by atoms with Crippen molar-refractivity contribution < 1.29 is 9.72 Å². The summed E-state index contributed by atoms with van der Waals surface area (Å²) >= 11 is 7.96. The van der Waals surface area contributed by atoms with Gasteiger partial charge in [0.25, 0.3) is 11.6 Å². The second-order valence-corrected chi connectivity index (χ2v) is 7.25. The van der Waals surface area contributed by atoms with Gasteiger partial charge in [0.15, 0.2) is 0 Å². The lowest BCUT2D eigenvalue weighted by Gasteiger charge is -2.03. The van der Waals surface area contributed by atoms with Crippen molar-refractivity contribution in [3.05, 3.63) is 53.6 Å². The van der Waals surface area contributed by atoms with E-state index in [2.05, 4.69) is 37.2 Å².